The van der Waals surface area contributed by atoms with Crippen molar-refractivity contribution in [3.8, 4) is 0 Å². The van der Waals surface area contributed by atoms with Gasteiger partial charge < -0.3 is 10.0 Å². The Bertz CT molecular complexity index is 331. The normalized spacial score (nSPS) is 35.5. The van der Waals surface area contributed by atoms with Crippen LogP contribution in [0.2, 0.25) is 0 Å². The molecule has 6 heteroatoms. The van der Waals surface area contributed by atoms with Crippen molar-refractivity contribution in [2.75, 3.05) is 0 Å². The van der Waals surface area contributed by atoms with Crippen molar-refractivity contribution >= 4 is 40.1 Å². The number of nitrogens with zero attached hydrogens (tertiary/aromatic N) is 1. The lowest BCUT2D eigenvalue weighted by Gasteiger charge is -2.42. The highest BCUT2D eigenvalue weighted by molar-refractivity contribution is 8.24. The molecule has 4 nitrogen and oxygen atoms in total. The molecule has 0 bridgehead atoms. The zero-order valence-corrected chi connectivity index (χ0v) is 9.10. The smallest absolute Gasteiger partial charge is 0.332 e. The average molecular weight is 231 g/mol. The van der Waals surface area contributed by atoms with E-state index < -0.39 is 12.0 Å². The summed E-state index contributed by atoms with van der Waals surface area (Å²) in [7, 11) is 0. The van der Waals surface area contributed by atoms with Crippen LogP contribution in [-0.2, 0) is 9.59 Å². The number of fused-ring (bicyclic) bond motifs is 1. The third-order valence-corrected chi connectivity index (χ3v) is 4.37. The Hall–Kier alpha value is -0.620. The SMILES string of the molecule is CCC1C(=O)N2C(C(=O)O)C(=S)S[C@@H]12. The van der Waals surface area contributed by atoms with E-state index in [1.54, 1.807) is 0 Å². The van der Waals surface area contributed by atoms with E-state index >= 15 is 0 Å². The molecule has 0 radical (unpaired) electrons. The van der Waals surface area contributed by atoms with Gasteiger partial charge in [-0.3, -0.25) is 4.79 Å². The number of carboxylic acids is 1. The molecule has 1 amide bonds. The van der Waals surface area contributed by atoms with Crippen molar-refractivity contribution < 1.29 is 14.7 Å². The topological polar surface area (TPSA) is 57.6 Å². The first kappa shape index (κ1) is 9.92. The molecular weight excluding hydrogens is 222 g/mol. The van der Waals surface area contributed by atoms with Crippen LogP contribution in [0, 0.1) is 5.92 Å². The Labute approximate surface area is 90.6 Å². The van der Waals surface area contributed by atoms with Crippen molar-refractivity contribution in [2.45, 2.75) is 24.8 Å². The minimum absolute atomic E-state index is 0.0268. The third-order valence-electron chi connectivity index (χ3n) is 2.60. The van der Waals surface area contributed by atoms with Crippen LogP contribution < -0.4 is 0 Å². The van der Waals surface area contributed by atoms with Crippen molar-refractivity contribution in [1.82, 2.24) is 4.90 Å². The van der Waals surface area contributed by atoms with E-state index in [1.165, 1.54) is 16.7 Å². The fraction of sp³-hybridized carbons (Fsp3) is 0.625. The summed E-state index contributed by atoms with van der Waals surface area (Å²) in [6, 6.07) is -0.879. The highest BCUT2D eigenvalue weighted by Gasteiger charge is 2.58. The maximum absolute atomic E-state index is 11.5. The summed E-state index contributed by atoms with van der Waals surface area (Å²) in [6.07, 6.45) is 0.752. The molecule has 76 valence electrons. The monoisotopic (exact) mass is 231 g/mol. The van der Waals surface area contributed by atoms with Gasteiger partial charge in [-0.25, -0.2) is 4.79 Å². The predicted octanol–water partition coefficient (Wildman–Crippen LogP) is 0.708. The van der Waals surface area contributed by atoms with Gasteiger partial charge in [-0.2, -0.15) is 0 Å². The first-order valence-corrected chi connectivity index (χ1v) is 5.62. The summed E-state index contributed by atoms with van der Waals surface area (Å²) in [5.74, 6) is -1.13. The molecule has 3 atom stereocenters. The van der Waals surface area contributed by atoms with E-state index in [0.717, 1.165) is 6.42 Å². The van der Waals surface area contributed by atoms with Crippen molar-refractivity contribution in [2.24, 2.45) is 5.92 Å². The Kier molecular flexibility index (Phi) is 2.27. The Balaban J connectivity index is 2.23. The summed E-state index contributed by atoms with van der Waals surface area (Å²) in [5, 5.41) is 8.86. The van der Waals surface area contributed by atoms with Crippen molar-refractivity contribution in [1.29, 1.82) is 0 Å². The fourth-order valence-corrected chi connectivity index (χ4v) is 3.76. The van der Waals surface area contributed by atoms with Gasteiger partial charge in [0.05, 0.1) is 15.5 Å². The minimum Gasteiger partial charge on any atom is -0.479 e. The lowest BCUT2D eigenvalue weighted by atomic mass is 9.94. The van der Waals surface area contributed by atoms with Gasteiger partial charge in [0.1, 0.15) is 0 Å². The van der Waals surface area contributed by atoms with E-state index in [0.29, 0.717) is 4.20 Å². The van der Waals surface area contributed by atoms with Gasteiger partial charge in [0.2, 0.25) is 5.91 Å². The minimum atomic E-state index is -1.02. The summed E-state index contributed by atoms with van der Waals surface area (Å²) in [6.45, 7) is 1.93. The number of carboxylic acid groups (broad SMARTS) is 1. The summed E-state index contributed by atoms with van der Waals surface area (Å²) in [5.41, 5.74) is 0. The van der Waals surface area contributed by atoms with Gasteiger partial charge in [0.15, 0.2) is 6.04 Å². The van der Waals surface area contributed by atoms with Crippen LogP contribution in [0.5, 0.6) is 0 Å². The van der Waals surface area contributed by atoms with Crippen LogP contribution >= 0.6 is 24.0 Å². The van der Waals surface area contributed by atoms with Crippen LogP contribution in [0.3, 0.4) is 0 Å². The molecule has 0 saturated carbocycles. The summed E-state index contributed by atoms with van der Waals surface area (Å²) >= 11 is 6.30. The van der Waals surface area contributed by atoms with E-state index in [1.807, 2.05) is 6.92 Å². The van der Waals surface area contributed by atoms with Crippen LogP contribution in [-0.4, -0.2) is 37.5 Å². The number of aliphatic carboxylic acids is 1. The van der Waals surface area contributed by atoms with Gasteiger partial charge in [0, 0.05) is 0 Å². The maximum Gasteiger partial charge on any atom is 0.332 e. The molecule has 0 aromatic heterocycles. The average Bonchev–Trinajstić information content (AvgIpc) is 2.40. The van der Waals surface area contributed by atoms with Crippen LogP contribution in [0.25, 0.3) is 0 Å². The molecule has 2 aliphatic rings. The molecule has 2 rings (SSSR count). The van der Waals surface area contributed by atoms with Gasteiger partial charge in [-0.1, -0.05) is 30.9 Å². The number of β-lactam (4-membered cyclic amide) rings is 1. The van der Waals surface area contributed by atoms with Crippen LogP contribution in [0.1, 0.15) is 13.3 Å². The molecule has 2 heterocycles. The van der Waals surface area contributed by atoms with E-state index in [2.05, 4.69) is 0 Å². The largest absolute Gasteiger partial charge is 0.479 e. The highest BCUT2D eigenvalue weighted by atomic mass is 32.2. The van der Waals surface area contributed by atoms with Gasteiger partial charge >= 0.3 is 5.97 Å². The molecule has 0 aromatic carbocycles. The molecule has 0 aromatic rings. The number of carbonyl (C=O) groups is 2. The Morgan fingerprint density at radius 1 is 1.71 bits per heavy atom. The molecule has 1 N–H and O–H groups in total. The second kappa shape index (κ2) is 3.20. The zero-order chi connectivity index (χ0) is 10.5. The van der Waals surface area contributed by atoms with Crippen molar-refractivity contribution in [3.05, 3.63) is 0 Å². The number of thioether (sulfide) groups is 1. The first-order valence-electron chi connectivity index (χ1n) is 4.33. The van der Waals surface area contributed by atoms with Gasteiger partial charge in [-0.15, -0.1) is 0 Å². The standard InChI is InChI=1S/C8H9NO3S2/c1-2-3-5(10)9-4(7(11)12)8(13)14-6(3)9/h3-4,6H,2H2,1H3,(H,11,12)/t3?,4?,6-/m0/s1. The highest BCUT2D eigenvalue weighted by Crippen LogP contribution is 2.46. The molecule has 2 fully saturated rings. The quantitative estimate of drug-likeness (QED) is 0.560. The molecule has 0 spiro atoms. The summed E-state index contributed by atoms with van der Waals surface area (Å²) < 4.78 is 0.409. The lowest BCUT2D eigenvalue weighted by Crippen LogP contribution is -2.61. The molecule has 2 unspecified atom stereocenters. The second-order valence-electron chi connectivity index (χ2n) is 3.33. The molecule has 2 aliphatic heterocycles. The Morgan fingerprint density at radius 2 is 2.36 bits per heavy atom. The zero-order valence-electron chi connectivity index (χ0n) is 7.47. The molecule has 14 heavy (non-hydrogen) atoms. The maximum atomic E-state index is 11.5. The lowest BCUT2D eigenvalue weighted by molar-refractivity contribution is -0.159. The molecule has 2 saturated heterocycles. The Morgan fingerprint density at radius 3 is 2.86 bits per heavy atom. The van der Waals surface area contributed by atoms with Gasteiger partial charge in [-0.05, 0) is 6.42 Å². The predicted molar refractivity (Wildman–Crippen MR) is 56.0 cm³/mol. The second-order valence-corrected chi connectivity index (χ2v) is 5.19. The van der Waals surface area contributed by atoms with Crippen molar-refractivity contribution in [3.63, 3.8) is 0 Å². The van der Waals surface area contributed by atoms with E-state index in [4.69, 9.17) is 17.3 Å². The van der Waals surface area contributed by atoms with E-state index in [-0.39, 0.29) is 17.2 Å². The van der Waals surface area contributed by atoms with E-state index in [9.17, 15) is 9.59 Å². The summed E-state index contributed by atoms with van der Waals surface area (Å²) in [4.78, 5) is 23.8. The number of hydrogen-bond donors (Lipinski definition) is 1. The first-order chi connectivity index (χ1) is 6.57. The fourth-order valence-electron chi connectivity index (χ4n) is 1.86. The van der Waals surface area contributed by atoms with Crippen LogP contribution in [0.4, 0.5) is 0 Å². The number of thiocarbonyl (C=S) groups is 1. The third kappa shape index (κ3) is 1.10. The number of hydrogen-bond acceptors (Lipinski definition) is 4. The molecular formula is C8H9NO3S2. The van der Waals surface area contributed by atoms with Gasteiger partial charge in [0.25, 0.3) is 0 Å². The number of carbonyl (C=O) groups excluding carboxylic acids is 1. The van der Waals surface area contributed by atoms with Crippen LogP contribution in [0.15, 0.2) is 0 Å². The number of amides is 1. The molecule has 0 aliphatic carbocycles. The number of rotatable bonds is 2.